The van der Waals surface area contributed by atoms with Crippen LogP contribution in [0.5, 0.6) is 0 Å². The molecule has 1 unspecified atom stereocenters. The Bertz CT molecular complexity index is 228. The minimum Gasteiger partial charge on any atom is -0.334 e. The van der Waals surface area contributed by atoms with Gasteiger partial charge in [0, 0.05) is 7.05 Å². The molecule has 1 aromatic heterocycles. The molecule has 4 nitrogen and oxygen atoms in total. The summed E-state index contributed by atoms with van der Waals surface area (Å²) in [6, 6.07) is 0. The molecule has 0 amide bonds. The van der Waals surface area contributed by atoms with E-state index >= 15 is 0 Å². The fourth-order valence-corrected chi connectivity index (χ4v) is 1.26. The van der Waals surface area contributed by atoms with Crippen LogP contribution in [0.1, 0.15) is 18.7 Å². The number of hydrogen-bond acceptors (Lipinski definition) is 3. The molecular weight excluding hydrogens is 166 g/mol. The van der Waals surface area contributed by atoms with Crippen LogP contribution in [0, 0.1) is 0 Å². The molecule has 1 atom stereocenters. The third-order valence-corrected chi connectivity index (χ3v) is 1.82. The molecule has 0 aliphatic rings. The Kier molecular flexibility index (Phi) is 2.49. The number of rotatable bonds is 2. The highest BCUT2D eigenvalue weighted by molar-refractivity contribution is 6.30. The molecule has 0 spiro atoms. The van der Waals surface area contributed by atoms with Crippen LogP contribution < -0.4 is 5.90 Å². The number of aromatic nitrogens is 2. The molecule has 0 radical (unpaired) electrons. The lowest BCUT2D eigenvalue weighted by atomic mass is 10.3. The van der Waals surface area contributed by atoms with E-state index < -0.39 is 0 Å². The zero-order valence-electron chi connectivity index (χ0n) is 6.41. The first-order valence-corrected chi connectivity index (χ1v) is 3.57. The topological polar surface area (TPSA) is 53.1 Å². The molecule has 1 rings (SSSR count). The third-order valence-electron chi connectivity index (χ3n) is 1.52. The van der Waals surface area contributed by atoms with Crippen molar-refractivity contribution in [2.24, 2.45) is 12.9 Å². The second-order valence-electron chi connectivity index (χ2n) is 2.31. The number of imidazole rings is 1. The van der Waals surface area contributed by atoms with Crippen LogP contribution in [0.2, 0.25) is 5.15 Å². The molecule has 0 aromatic carbocycles. The van der Waals surface area contributed by atoms with Gasteiger partial charge >= 0.3 is 0 Å². The zero-order chi connectivity index (χ0) is 8.43. The van der Waals surface area contributed by atoms with Crippen LogP contribution in [-0.4, -0.2) is 9.55 Å². The SMILES string of the molecule is CC(ON)c1c(Cl)ncn1C. The highest BCUT2D eigenvalue weighted by Crippen LogP contribution is 2.21. The van der Waals surface area contributed by atoms with Gasteiger partial charge in [-0.2, -0.15) is 0 Å². The fourth-order valence-electron chi connectivity index (χ4n) is 0.930. The molecule has 0 fully saturated rings. The Morgan fingerprint density at radius 1 is 1.82 bits per heavy atom. The third kappa shape index (κ3) is 1.53. The second-order valence-corrected chi connectivity index (χ2v) is 2.67. The van der Waals surface area contributed by atoms with E-state index in [-0.39, 0.29) is 6.10 Å². The lowest BCUT2D eigenvalue weighted by Gasteiger charge is -2.08. The maximum absolute atomic E-state index is 5.75. The van der Waals surface area contributed by atoms with Crippen LogP contribution in [0.3, 0.4) is 0 Å². The minimum atomic E-state index is -0.227. The van der Waals surface area contributed by atoms with Gasteiger partial charge in [-0.3, -0.25) is 4.84 Å². The minimum absolute atomic E-state index is 0.227. The van der Waals surface area contributed by atoms with Crippen LogP contribution in [-0.2, 0) is 11.9 Å². The Hall–Kier alpha value is -0.580. The van der Waals surface area contributed by atoms with Gasteiger partial charge in [0.15, 0.2) is 5.15 Å². The maximum Gasteiger partial charge on any atom is 0.153 e. The first-order valence-electron chi connectivity index (χ1n) is 3.19. The molecule has 1 heterocycles. The first kappa shape index (κ1) is 8.52. The molecule has 2 N–H and O–H groups in total. The van der Waals surface area contributed by atoms with Gasteiger partial charge < -0.3 is 4.57 Å². The summed E-state index contributed by atoms with van der Waals surface area (Å²) in [5.41, 5.74) is 0.786. The summed E-state index contributed by atoms with van der Waals surface area (Å²) in [5, 5.41) is 0.436. The van der Waals surface area contributed by atoms with Gasteiger partial charge in [0.1, 0.15) is 6.10 Å². The van der Waals surface area contributed by atoms with Crippen molar-refractivity contribution in [2.75, 3.05) is 0 Å². The number of nitrogens with zero attached hydrogens (tertiary/aromatic N) is 2. The van der Waals surface area contributed by atoms with E-state index in [2.05, 4.69) is 9.82 Å². The van der Waals surface area contributed by atoms with Crippen LogP contribution >= 0.6 is 11.6 Å². The Morgan fingerprint density at radius 2 is 2.45 bits per heavy atom. The average molecular weight is 176 g/mol. The molecule has 0 saturated carbocycles. The van der Waals surface area contributed by atoms with E-state index in [0.29, 0.717) is 5.15 Å². The van der Waals surface area contributed by atoms with Gasteiger partial charge in [-0.15, -0.1) is 0 Å². The summed E-state index contributed by atoms with van der Waals surface area (Å²) in [6.07, 6.45) is 1.39. The Labute approximate surface area is 69.9 Å². The second kappa shape index (κ2) is 3.21. The molecule has 0 saturated heterocycles. The van der Waals surface area contributed by atoms with Crippen molar-refractivity contribution >= 4 is 11.6 Å². The maximum atomic E-state index is 5.75. The summed E-state index contributed by atoms with van der Waals surface area (Å²) in [4.78, 5) is 8.49. The monoisotopic (exact) mass is 175 g/mol. The van der Waals surface area contributed by atoms with E-state index in [1.54, 1.807) is 10.9 Å². The Balaban J connectivity index is 3.00. The van der Waals surface area contributed by atoms with Gasteiger partial charge in [0.25, 0.3) is 0 Å². The predicted molar refractivity (Wildman–Crippen MR) is 41.9 cm³/mol. The summed E-state index contributed by atoms with van der Waals surface area (Å²) in [5.74, 6) is 5.00. The fraction of sp³-hybridized carbons (Fsp3) is 0.500. The van der Waals surface area contributed by atoms with Crippen LogP contribution in [0.15, 0.2) is 6.33 Å². The normalized spacial score (nSPS) is 13.5. The summed E-state index contributed by atoms with van der Waals surface area (Å²) >= 11 is 5.75. The number of hydrogen-bond donors (Lipinski definition) is 1. The van der Waals surface area contributed by atoms with E-state index in [9.17, 15) is 0 Å². The number of aryl methyl sites for hydroxylation is 1. The van der Waals surface area contributed by atoms with Crippen molar-refractivity contribution in [3.63, 3.8) is 0 Å². The van der Waals surface area contributed by atoms with Crippen LogP contribution in [0.4, 0.5) is 0 Å². The molecule has 5 heteroatoms. The molecule has 0 bridgehead atoms. The first-order chi connectivity index (χ1) is 5.16. The molecule has 62 valence electrons. The van der Waals surface area contributed by atoms with E-state index in [1.807, 2.05) is 14.0 Å². The average Bonchev–Trinajstić information content (AvgIpc) is 2.30. The van der Waals surface area contributed by atoms with Gasteiger partial charge in [-0.05, 0) is 6.92 Å². The van der Waals surface area contributed by atoms with Gasteiger partial charge in [0.05, 0.1) is 12.0 Å². The highest BCUT2D eigenvalue weighted by atomic mass is 35.5. The molecule has 1 aromatic rings. The Morgan fingerprint density at radius 3 is 2.82 bits per heavy atom. The van der Waals surface area contributed by atoms with E-state index in [4.69, 9.17) is 17.5 Å². The zero-order valence-corrected chi connectivity index (χ0v) is 7.17. The van der Waals surface area contributed by atoms with Gasteiger partial charge in [-0.25, -0.2) is 10.9 Å². The lowest BCUT2D eigenvalue weighted by molar-refractivity contribution is 0.0615. The highest BCUT2D eigenvalue weighted by Gasteiger charge is 2.13. The van der Waals surface area contributed by atoms with Crippen molar-refractivity contribution in [3.05, 3.63) is 17.2 Å². The van der Waals surface area contributed by atoms with Gasteiger partial charge in [0.2, 0.25) is 0 Å². The predicted octanol–water partition coefficient (Wildman–Crippen LogP) is 1.02. The van der Waals surface area contributed by atoms with Crippen molar-refractivity contribution < 1.29 is 4.84 Å². The van der Waals surface area contributed by atoms with Crippen molar-refractivity contribution in [1.82, 2.24) is 9.55 Å². The van der Waals surface area contributed by atoms with Crippen molar-refractivity contribution in [2.45, 2.75) is 13.0 Å². The van der Waals surface area contributed by atoms with Gasteiger partial charge in [-0.1, -0.05) is 11.6 Å². The largest absolute Gasteiger partial charge is 0.334 e. The number of halogens is 1. The molecule has 0 aliphatic carbocycles. The van der Waals surface area contributed by atoms with Crippen LogP contribution in [0.25, 0.3) is 0 Å². The molecule has 0 aliphatic heterocycles. The van der Waals surface area contributed by atoms with Crippen molar-refractivity contribution in [3.8, 4) is 0 Å². The summed E-state index contributed by atoms with van der Waals surface area (Å²) in [6.45, 7) is 1.81. The van der Waals surface area contributed by atoms with E-state index in [1.165, 1.54) is 0 Å². The van der Waals surface area contributed by atoms with E-state index in [0.717, 1.165) is 5.69 Å². The number of nitrogens with two attached hydrogens (primary N) is 1. The smallest absolute Gasteiger partial charge is 0.153 e. The van der Waals surface area contributed by atoms with Crippen molar-refractivity contribution in [1.29, 1.82) is 0 Å². The molecule has 11 heavy (non-hydrogen) atoms. The summed E-state index contributed by atoms with van der Waals surface area (Å²) < 4.78 is 1.78. The molecular formula is C6H10ClN3O. The summed E-state index contributed by atoms with van der Waals surface area (Å²) in [7, 11) is 1.84. The lowest BCUT2D eigenvalue weighted by Crippen LogP contribution is -2.09. The standard InChI is InChI=1S/C6H10ClN3O/c1-4(11-8)5-6(7)9-3-10(5)2/h3-4H,8H2,1-2H3. The quantitative estimate of drug-likeness (QED) is 0.683.